The number of alkyl halides is 1. The maximum absolute atomic E-state index is 11.5. The van der Waals surface area contributed by atoms with E-state index in [1.54, 1.807) is 0 Å². The van der Waals surface area contributed by atoms with Crippen LogP contribution >= 0.6 is 15.9 Å². The minimum atomic E-state index is 0.315. The van der Waals surface area contributed by atoms with Gasteiger partial charge in [-0.2, -0.15) is 0 Å². The number of carbonyl (C=O) groups is 1. The maximum Gasteiger partial charge on any atom is 0.222 e. The van der Waals surface area contributed by atoms with Crippen molar-refractivity contribution in [3.63, 3.8) is 0 Å². The molecule has 0 aromatic rings. The number of nitrogens with zero attached hydrogens (tertiary/aromatic N) is 1. The molecule has 0 bridgehead atoms. The molecular formula is C10H18BrNO. The third kappa shape index (κ3) is 4.65. The summed E-state index contributed by atoms with van der Waals surface area (Å²) in [5.74, 6) is 1.02. The lowest BCUT2D eigenvalue weighted by atomic mass is 10.2. The van der Waals surface area contributed by atoms with Crippen molar-refractivity contribution in [3.8, 4) is 0 Å². The van der Waals surface area contributed by atoms with Crippen molar-refractivity contribution in [2.75, 3.05) is 13.6 Å². The second-order valence-corrected chi connectivity index (χ2v) is 5.60. The zero-order valence-electron chi connectivity index (χ0n) is 8.42. The first-order chi connectivity index (χ1) is 6.09. The number of carbonyl (C=O) groups excluding carboxylic acids is 1. The minimum Gasteiger partial charge on any atom is -0.346 e. The van der Waals surface area contributed by atoms with Gasteiger partial charge in [0, 0.05) is 24.8 Å². The molecule has 0 radical (unpaired) electrons. The molecule has 76 valence electrons. The van der Waals surface area contributed by atoms with Gasteiger partial charge >= 0.3 is 0 Å². The maximum atomic E-state index is 11.5. The topological polar surface area (TPSA) is 20.3 Å². The molecule has 0 saturated heterocycles. The largest absolute Gasteiger partial charge is 0.346 e. The quantitative estimate of drug-likeness (QED) is 0.684. The third-order valence-electron chi connectivity index (χ3n) is 2.45. The molecule has 1 aliphatic carbocycles. The van der Waals surface area contributed by atoms with E-state index in [1.165, 1.54) is 12.8 Å². The Balaban J connectivity index is 2.12. The Labute approximate surface area is 88.8 Å². The van der Waals surface area contributed by atoms with E-state index in [4.69, 9.17) is 0 Å². The first-order valence-electron chi connectivity index (χ1n) is 4.97. The third-order valence-corrected chi connectivity index (χ3v) is 2.91. The van der Waals surface area contributed by atoms with Crippen LogP contribution in [0.15, 0.2) is 0 Å². The highest BCUT2D eigenvalue weighted by molar-refractivity contribution is 9.09. The average Bonchev–Trinajstić information content (AvgIpc) is 2.83. The molecule has 13 heavy (non-hydrogen) atoms. The van der Waals surface area contributed by atoms with Gasteiger partial charge in [-0.1, -0.05) is 22.9 Å². The molecule has 1 rings (SSSR count). The standard InChI is InChI=1S/C10H18BrNO/c1-8(11)5-6-12(2)10(13)7-9-3-4-9/h8-9H,3-7H2,1-2H3. The van der Waals surface area contributed by atoms with Crippen LogP contribution in [-0.4, -0.2) is 29.2 Å². The van der Waals surface area contributed by atoms with Gasteiger partial charge < -0.3 is 4.90 Å². The van der Waals surface area contributed by atoms with Gasteiger partial charge in [0.15, 0.2) is 0 Å². The van der Waals surface area contributed by atoms with Crippen LogP contribution in [0.3, 0.4) is 0 Å². The van der Waals surface area contributed by atoms with Crippen molar-refractivity contribution >= 4 is 21.8 Å². The van der Waals surface area contributed by atoms with Crippen LogP contribution in [0.25, 0.3) is 0 Å². The summed E-state index contributed by atoms with van der Waals surface area (Å²) in [5, 5.41) is 0. The number of amides is 1. The predicted molar refractivity (Wildman–Crippen MR) is 58.0 cm³/mol. The first-order valence-corrected chi connectivity index (χ1v) is 5.89. The van der Waals surface area contributed by atoms with Crippen molar-refractivity contribution in [2.45, 2.75) is 37.4 Å². The van der Waals surface area contributed by atoms with Crippen LogP contribution in [0.1, 0.15) is 32.6 Å². The van der Waals surface area contributed by atoms with Crippen LogP contribution < -0.4 is 0 Å². The lowest BCUT2D eigenvalue weighted by Gasteiger charge is -2.17. The lowest BCUT2D eigenvalue weighted by Crippen LogP contribution is -2.28. The summed E-state index contributed by atoms with van der Waals surface area (Å²) in [6, 6.07) is 0. The van der Waals surface area contributed by atoms with Crippen LogP contribution in [0.4, 0.5) is 0 Å². The smallest absolute Gasteiger partial charge is 0.222 e. The highest BCUT2D eigenvalue weighted by atomic mass is 79.9. The van der Waals surface area contributed by atoms with Gasteiger partial charge in [-0.25, -0.2) is 0 Å². The van der Waals surface area contributed by atoms with Crippen molar-refractivity contribution in [1.29, 1.82) is 0 Å². The van der Waals surface area contributed by atoms with Crippen molar-refractivity contribution in [3.05, 3.63) is 0 Å². The van der Waals surface area contributed by atoms with E-state index in [9.17, 15) is 4.79 Å². The molecule has 2 nitrogen and oxygen atoms in total. The molecule has 3 heteroatoms. The van der Waals surface area contributed by atoms with Crippen LogP contribution in [0, 0.1) is 5.92 Å². The molecule has 0 aromatic heterocycles. The van der Waals surface area contributed by atoms with Crippen molar-refractivity contribution in [2.24, 2.45) is 5.92 Å². The molecule has 0 aliphatic heterocycles. The lowest BCUT2D eigenvalue weighted by molar-refractivity contribution is -0.130. The fraction of sp³-hybridized carbons (Fsp3) is 0.900. The van der Waals surface area contributed by atoms with Crippen LogP contribution in [0.5, 0.6) is 0 Å². The fourth-order valence-electron chi connectivity index (χ4n) is 1.22. The Kier molecular flexibility index (Phi) is 4.23. The summed E-state index contributed by atoms with van der Waals surface area (Å²) in [4.78, 5) is 13.9. The Bertz CT molecular complexity index is 178. The molecule has 1 amide bonds. The monoisotopic (exact) mass is 247 g/mol. The molecular weight excluding hydrogens is 230 g/mol. The number of halogens is 1. The van der Waals surface area contributed by atoms with E-state index >= 15 is 0 Å². The van der Waals surface area contributed by atoms with E-state index in [0.717, 1.165) is 19.4 Å². The Morgan fingerprint density at radius 3 is 2.69 bits per heavy atom. The highest BCUT2D eigenvalue weighted by Gasteiger charge is 2.25. The number of hydrogen-bond donors (Lipinski definition) is 0. The Hall–Kier alpha value is -0.0500. The summed E-state index contributed by atoms with van der Waals surface area (Å²) in [7, 11) is 1.90. The molecule has 1 unspecified atom stereocenters. The number of hydrogen-bond acceptors (Lipinski definition) is 1. The van der Waals surface area contributed by atoms with Gasteiger partial charge in [0.2, 0.25) is 5.91 Å². The molecule has 0 heterocycles. The zero-order valence-corrected chi connectivity index (χ0v) is 10.0. The van der Waals surface area contributed by atoms with Gasteiger partial charge in [-0.3, -0.25) is 4.79 Å². The van der Waals surface area contributed by atoms with Gasteiger partial charge in [-0.05, 0) is 25.2 Å². The van der Waals surface area contributed by atoms with Crippen LogP contribution in [-0.2, 0) is 4.79 Å². The summed E-state index contributed by atoms with van der Waals surface area (Å²) in [6.07, 6.45) is 4.32. The van der Waals surface area contributed by atoms with E-state index in [0.29, 0.717) is 16.7 Å². The van der Waals surface area contributed by atoms with Crippen molar-refractivity contribution in [1.82, 2.24) is 4.90 Å². The van der Waals surface area contributed by atoms with Crippen LogP contribution in [0.2, 0.25) is 0 Å². The summed E-state index contributed by atoms with van der Waals surface area (Å²) < 4.78 is 0. The highest BCUT2D eigenvalue weighted by Crippen LogP contribution is 2.32. The summed E-state index contributed by atoms with van der Waals surface area (Å²) in [6.45, 7) is 2.98. The summed E-state index contributed by atoms with van der Waals surface area (Å²) >= 11 is 3.48. The number of rotatable bonds is 5. The molecule has 0 aromatic carbocycles. The molecule has 1 fully saturated rings. The van der Waals surface area contributed by atoms with Gasteiger partial charge in [0.05, 0.1) is 0 Å². The molecule has 0 spiro atoms. The molecule has 1 atom stereocenters. The fourth-order valence-corrected chi connectivity index (χ4v) is 1.43. The average molecular weight is 248 g/mol. The van der Waals surface area contributed by atoms with E-state index in [-0.39, 0.29) is 0 Å². The SMILES string of the molecule is CC(Br)CCN(C)C(=O)CC1CC1. The van der Waals surface area contributed by atoms with E-state index in [1.807, 2.05) is 11.9 Å². The minimum absolute atomic E-state index is 0.315. The van der Waals surface area contributed by atoms with Gasteiger partial charge in [0.25, 0.3) is 0 Å². The Morgan fingerprint density at radius 1 is 1.62 bits per heavy atom. The Morgan fingerprint density at radius 2 is 2.23 bits per heavy atom. The van der Waals surface area contributed by atoms with Gasteiger partial charge in [0.1, 0.15) is 0 Å². The molecule has 1 saturated carbocycles. The summed E-state index contributed by atoms with van der Waals surface area (Å²) in [5.41, 5.74) is 0. The van der Waals surface area contributed by atoms with Crippen molar-refractivity contribution < 1.29 is 4.79 Å². The van der Waals surface area contributed by atoms with Gasteiger partial charge in [-0.15, -0.1) is 0 Å². The second kappa shape index (κ2) is 4.99. The zero-order chi connectivity index (χ0) is 9.84. The molecule has 0 N–H and O–H groups in total. The first kappa shape index (κ1) is 11.0. The van der Waals surface area contributed by atoms with E-state index < -0.39 is 0 Å². The normalized spacial score (nSPS) is 18.4. The molecule has 1 aliphatic rings. The van der Waals surface area contributed by atoms with E-state index in [2.05, 4.69) is 22.9 Å². The second-order valence-electron chi connectivity index (χ2n) is 4.03. The predicted octanol–water partition coefficient (Wildman–Crippen LogP) is 2.42.